The second-order valence-electron chi connectivity index (χ2n) is 6.71. The fourth-order valence-electron chi connectivity index (χ4n) is 2.78. The minimum Gasteiger partial charge on any atom is -0.490 e. The Morgan fingerprint density at radius 3 is 2.12 bits per heavy atom. The zero-order valence-corrected chi connectivity index (χ0v) is 18.3. The Balaban J connectivity index is 1.49. The predicted octanol–water partition coefficient (Wildman–Crippen LogP) is 4.23. The summed E-state index contributed by atoms with van der Waals surface area (Å²) in [6, 6.07) is 23.3. The molecule has 2 amide bonds. The van der Waals surface area contributed by atoms with Crippen LogP contribution in [-0.2, 0) is 4.79 Å². The smallest absolute Gasteiger partial charge is 0.257 e. The Bertz CT molecular complexity index is 1090. The van der Waals surface area contributed by atoms with Crippen molar-refractivity contribution in [1.82, 2.24) is 5.32 Å². The lowest BCUT2D eigenvalue weighted by Crippen LogP contribution is -2.34. The van der Waals surface area contributed by atoms with Gasteiger partial charge in [0.05, 0.1) is 0 Å². The van der Waals surface area contributed by atoms with Crippen molar-refractivity contribution in [3.05, 3.63) is 84.4 Å². The first-order valence-electron chi connectivity index (χ1n) is 9.90. The van der Waals surface area contributed by atoms with E-state index in [9.17, 15) is 9.59 Å². The number of hydrogen-bond donors (Lipinski definition) is 3. The molecular weight excluding hydrogens is 426 g/mol. The van der Waals surface area contributed by atoms with Gasteiger partial charge in [-0.3, -0.25) is 14.9 Å². The van der Waals surface area contributed by atoms with Gasteiger partial charge in [0.1, 0.15) is 24.7 Å². The SMILES string of the molecule is CC(=O)Nc1cccc(NC(=S)NC(=O)c2cccc(OCCOc3ccccc3)c2)c1. The Kier molecular flexibility index (Phi) is 8.16. The molecule has 3 aromatic rings. The van der Waals surface area contributed by atoms with Gasteiger partial charge in [0.25, 0.3) is 5.91 Å². The van der Waals surface area contributed by atoms with Crippen LogP contribution in [0, 0.1) is 0 Å². The van der Waals surface area contributed by atoms with E-state index in [1.165, 1.54) is 6.92 Å². The molecule has 3 aromatic carbocycles. The van der Waals surface area contributed by atoms with Crippen molar-refractivity contribution in [2.24, 2.45) is 0 Å². The first-order chi connectivity index (χ1) is 15.5. The van der Waals surface area contributed by atoms with Crippen molar-refractivity contribution in [3.63, 3.8) is 0 Å². The molecule has 164 valence electrons. The van der Waals surface area contributed by atoms with Gasteiger partial charge in [-0.25, -0.2) is 0 Å². The van der Waals surface area contributed by atoms with E-state index < -0.39 is 0 Å². The lowest BCUT2D eigenvalue weighted by molar-refractivity contribution is -0.114. The number of carbonyl (C=O) groups is 2. The predicted molar refractivity (Wildman–Crippen MR) is 128 cm³/mol. The molecule has 0 aliphatic heterocycles. The summed E-state index contributed by atoms with van der Waals surface area (Å²) in [7, 11) is 0. The third-order valence-electron chi connectivity index (χ3n) is 4.13. The van der Waals surface area contributed by atoms with Crippen molar-refractivity contribution in [3.8, 4) is 11.5 Å². The maximum Gasteiger partial charge on any atom is 0.257 e. The zero-order chi connectivity index (χ0) is 22.8. The van der Waals surface area contributed by atoms with Crippen LogP contribution in [0.4, 0.5) is 11.4 Å². The molecule has 0 saturated carbocycles. The summed E-state index contributed by atoms with van der Waals surface area (Å²) < 4.78 is 11.3. The largest absolute Gasteiger partial charge is 0.490 e. The van der Waals surface area contributed by atoms with Crippen molar-refractivity contribution in [1.29, 1.82) is 0 Å². The van der Waals surface area contributed by atoms with E-state index in [1.807, 2.05) is 30.3 Å². The van der Waals surface area contributed by atoms with E-state index in [2.05, 4.69) is 16.0 Å². The molecule has 0 radical (unpaired) electrons. The Morgan fingerprint density at radius 1 is 0.781 bits per heavy atom. The number of nitrogens with one attached hydrogen (secondary N) is 3. The minimum atomic E-state index is -0.369. The van der Waals surface area contributed by atoms with E-state index in [0.29, 0.717) is 35.9 Å². The van der Waals surface area contributed by atoms with Crippen LogP contribution in [0.5, 0.6) is 11.5 Å². The van der Waals surface area contributed by atoms with E-state index in [0.717, 1.165) is 5.75 Å². The first-order valence-corrected chi connectivity index (χ1v) is 10.3. The quantitative estimate of drug-likeness (QED) is 0.352. The minimum absolute atomic E-state index is 0.137. The molecule has 32 heavy (non-hydrogen) atoms. The maximum absolute atomic E-state index is 12.5. The van der Waals surface area contributed by atoms with E-state index in [4.69, 9.17) is 21.7 Å². The van der Waals surface area contributed by atoms with Crippen LogP contribution in [0.1, 0.15) is 17.3 Å². The highest BCUT2D eigenvalue weighted by Gasteiger charge is 2.10. The fourth-order valence-corrected chi connectivity index (χ4v) is 2.99. The maximum atomic E-state index is 12.5. The number of anilines is 2. The fraction of sp³-hybridized carbons (Fsp3) is 0.125. The molecule has 0 fully saturated rings. The van der Waals surface area contributed by atoms with E-state index in [-0.39, 0.29) is 16.9 Å². The monoisotopic (exact) mass is 449 g/mol. The van der Waals surface area contributed by atoms with Gasteiger partial charge >= 0.3 is 0 Å². The average molecular weight is 450 g/mol. The highest BCUT2D eigenvalue weighted by molar-refractivity contribution is 7.80. The number of hydrogen-bond acceptors (Lipinski definition) is 5. The van der Waals surface area contributed by atoms with Gasteiger partial charge in [0, 0.05) is 23.9 Å². The Morgan fingerprint density at radius 2 is 1.41 bits per heavy atom. The molecule has 7 nitrogen and oxygen atoms in total. The molecule has 0 aliphatic rings. The van der Waals surface area contributed by atoms with Crippen LogP contribution in [0.2, 0.25) is 0 Å². The van der Waals surface area contributed by atoms with Crippen LogP contribution in [0.15, 0.2) is 78.9 Å². The molecule has 0 atom stereocenters. The highest BCUT2D eigenvalue weighted by atomic mass is 32.1. The molecule has 3 rings (SSSR count). The van der Waals surface area contributed by atoms with Crippen LogP contribution < -0.4 is 25.4 Å². The normalized spacial score (nSPS) is 10.0. The standard InChI is InChI=1S/C24H23N3O4S/c1-17(28)25-19-8-6-9-20(16-19)26-24(32)27-23(29)18-7-5-12-22(15-18)31-14-13-30-21-10-3-2-4-11-21/h2-12,15-16H,13-14H2,1H3,(H,25,28)(H2,26,27,29,32). The van der Waals surface area contributed by atoms with Crippen molar-refractivity contribution in [2.75, 3.05) is 23.8 Å². The van der Waals surface area contributed by atoms with Gasteiger partial charge in [0.15, 0.2) is 5.11 Å². The van der Waals surface area contributed by atoms with Crippen LogP contribution in [0.25, 0.3) is 0 Å². The van der Waals surface area contributed by atoms with Crippen molar-refractivity contribution >= 4 is 40.5 Å². The summed E-state index contributed by atoms with van der Waals surface area (Å²) in [4.78, 5) is 23.7. The number of benzene rings is 3. The number of thiocarbonyl (C=S) groups is 1. The van der Waals surface area contributed by atoms with Crippen molar-refractivity contribution in [2.45, 2.75) is 6.92 Å². The summed E-state index contributed by atoms with van der Waals surface area (Å²) in [5.74, 6) is 0.780. The number of ether oxygens (including phenoxy) is 2. The zero-order valence-electron chi connectivity index (χ0n) is 17.5. The van der Waals surface area contributed by atoms with Gasteiger partial charge in [-0.2, -0.15) is 0 Å². The molecule has 3 N–H and O–H groups in total. The second-order valence-corrected chi connectivity index (χ2v) is 7.12. The number of para-hydroxylation sites is 1. The Labute approximate surface area is 191 Å². The molecule has 0 aromatic heterocycles. The summed E-state index contributed by atoms with van der Waals surface area (Å²) in [5, 5.41) is 8.39. The molecule has 0 bridgehead atoms. The summed E-state index contributed by atoms with van der Waals surface area (Å²) in [6.45, 7) is 2.15. The highest BCUT2D eigenvalue weighted by Crippen LogP contribution is 2.16. The summed E-state index contributed by atoms with van der Waals surface area (Å²) >= 11 is 5.23. The summed E-state index contributed by atoms with van der Waals surface area (Å²) in [5.41, 5.74) is 1.66. The van der Waals surface area contributed by atoms with Gasteiger partial charge in [-0.15, -0.1) is 0 Å². The topological polar surface area (TPSA) is 88.7 Å². The number of carbonyl (C=O) groups excluding carboxylic acids is 2. The van der Waals surface area contributed by atoms with Crippen LogP contribution >= 0.6 is 12.2 Å². The molecule has 0 heterocycles. The third kappa shape index (κ3) is 7.41. The molecule has 0 aliphatic carbocycles. The number of amides is 2. The van der Waals surface area contributed by atoms with E-state index in [1.54, 1.807) is 48.5 Å². The molecular formula is C24H23N3O4S. The van der Waals surface area contributed by atoms with Crippen molar-refractivity contribution < 1.29 is 19.1 Å². The summed E-state index contributed by atoms with van der Waals surface area (Å²) in [6.07, 6.45) is 0. The second kappa shape index (κ2) is 11.5. The third-order valence-corrected chi connectivity index (χ3v) is 4.33. The number of rotatable bonds is 8. The lowest BCUT2D eigenvalue weighted by Gasteiger charge is -2.12. The van der Waals surface area contributed by atoms with Crippen LogP contribution in [-0.4, -0.2) is 30.1 Å². The first kappa shape index (κ1) is 22.8. The van der Waals surface area contributed by atoms with Gasteiger partial charge in [0.2, 0.25) is 5.91 Å². The van der Waals surface area contributed by atoms with Gasteiger partial charge in [-0.05, 0) is 60.7 Å². The van der Waals surface area contributed by atoms with Gasteiger partial charge < -0.3 is 20.1 Å². The lowest BCUT2D eigenvalue weighted by atomic mass is 10.2. The van der Waals surface area contributed by atoms with Gasteiger partial charge in [-0.1, -0.05) is 30.3 Å². The Hall–Kier alpha value is -3.91. The van der Waals surface area contributed by atoms with E-state index >= 15 is 0 Å². The van der Waals surface area contributed by atoms with Crippen LogP contribution in [0.3, 0.4) is 0 Å². The molecule has 8 heteroatoms. The molecule has 0 saturated heterocycles. The molecule has 0 spiro atoms. The molecule has 0 unspecified atom stereocenters. The average Bonchev–Trinajstić information content (AvgIpc) is 2.77.